The molecule has 0 fully saturated rings. The summed E-state index contributed by atoms with van der Waals surface area (Å²) in [5.41, 5.74) is 8.51. The van der Waals surface area contributed by atoms with Gasteiger partial charge in [-0.2, -0.15) is 0 Å². The standard InChI is InChI=1S/C19H25N3O2/c1-14-8-9-15(20)12-18(14)19(23)21-16-6-4-7-17(13-16)24-11-5-10-22(2)3/h4,6-9,12-13H,5,10-11,20H2,1-3H3,(H,21,23). The molecule has 0 atom stereocenters. The third kappa shape index (κ3) is 5.28. The molecule has 0 unspecified atom stereocenters. The molecular weight excluding hydrogens is 302 g/mol. The maximum atomic E-state index is 12.4. The summed E-state index contributed by atoms with van der Waals surface area (Å²) in [5, 5.41) is 2.89. The first-order valence-corrected chi connectivity index (χ1v) is 8.01. The van der Waals surface area contributed by atoms with Crippen LogP contribution in [0.2, 0.25) is 0 Å². The minimum Gasteiger partial charge on any atom is -0.493 e. The molecule has 0 bridgehead atoms. The smallest absolute Gasteiger partial charge is 0.256 e. The number of hydrogen-bond donors (Lipinski definition) is 2. The lowest BCUT2D eigenvalue weighted by Crippen LogP contribution is -2.15. The summed E-state index contributed by atoms with van der Waals surface area (Å²) in [6.45, 7) is 3.51. The van der Waals surface area contributed by atoms with E-state index in [9.17, 15) is 4.79 Å². The summed E-state index contributed by atoms with van der Waals surface area (Å²) in [7, 11) is 4.07. The second kappa shape index (κ2) is 8.36. The SMILES string of the molecule is Cc1ccc(N)cc1C(=O)Nc1cccc(OCCCN(C)C)c1. The van der Waals surface area contributed by atoms with E-state index < -0.39 is 0 Å². The number of nitrogens with two attached hydrogens (primary N) is 1. The van der Waals surface area contributed by atoms with Gasteiger partial charge in [-0.15, -0.1) is 0 Å². The van der Waals surface area contributed by atoms with Crippen molar-refractivity contribution in [2.45, 2.75) is 13.3 Å². The van der Waals surface area contributed by atoms with Gasteiger partial charge in [0.05, 0.1) is 6.61 Å². The van der Waals surface area contributed by atoms with E-state index in [2.05, 4.69) is 10.2 Å². The number of carbonyl (C=O) groups excluding carboxylic acids is 1. The summed E-state index contributed by atoms with van der Waals surface area (Å²) >= 11 is 0. The minimum atomic E-state index is -0.176. The molecule has 3 N–H and O–H groups in total. The lowest BCUT2D eigenvalue weighted by atomic mass is 10.1. The van der Waals surface area contributed by atoms with Gasteiger partial charge in [0.25, 0.3) is 5.91 Å². The Morgan fingerprint density at radius 3 is 2.75 bits per heavy atom. The van der Waals surface area contributed by atoms with Crippen LogP contribution in [0.15, 0.2) is 42.5 Å². The number of rotatable bonds is 7. The molecule has 0 aromatic heterocycles. The number of hydrogen-bond acceptors (Lipinski definition) is 4. The first-order chi connectivity index (χ1) is 11.5. The van der Waals surface area contributed by atoms with Crippen LogP contribution in [0.1, 0.15) is 22.3 Å². The van der Waals surface area contributed by atoms with Crippen molar-refractivity contribution < 1.29 is 9.53 Å². The molecule has 1 amide bonds. The van der Waals surface area contributed by atoms with Gasteiger partial charge >= 0.3 is 0 Å². The maximum Gasteiger partial charge on any atom is 0.256 e. The van der Waals surface area contributed by atoms with Gasteiger partial charge in [-0.05, 0) is 57.3 Å². The van der Waals surface area contributed by atoms with Crippen molar-refractivity contribution in [3.8, 4) is 5.75 Å². The van der Waals surface area contributed by atoms with Gasteiger partial charge in [0.15, 0.2) is 0 Å². The fraction of sp³-hybridized carbons (Fsp3) is 0.316. The highest BCUT2D eigenvalue weighted by atomic mass is 16.5. The van der Waals surface area contributed by atoms with E-state index in [0.717, 1.165) is 24.3 Å². The first-order valence-electron chi connectivity index (χ1n) is 8.01. The molecule has 0 heterocycles. The lowest BCUT2D eigenvalue weighted by molar-refractivity contribution is 0.102. The molecular formula is C19H25N3O2. The van der Waals surface area contributed by atoms with Crippen LogP contribution in [0.5, 0.6) is 5.75 Å². The molecule has 0 aliphatic rings. The number of ether oxygens (including phenoxy) is 1. The van der Waals surface area contributed by atoms with E-state index in [1.807, 2.05) is 51.4 Å². The largest absolute Gasteiger partial charge is 0.493 e. The number of anilines is 2. The number of carbonyl (C=O) groups is 1. The van der Waals surface area contributed by atoms with Crippen molar-refractivity contribution in [2.75, 3.05) is 38.3 Å². The minimum absolute atomic E-state index is 0.176. The summed E-state index contributed by atoms with van der Waals surface area (Å²) in [4.78, 5) is 14.5. The third-order valence-corrected chi connectivity index (χ3v) is 3.62. The predicted octanol–water partition coefficient (Wildman–Crippen LogP) is 3.16. The van der Waals surface area contributed by atoms with Crippen molar-refractivity contribution in [3.63, 3.8) is 0 Å². The molecule has 5 heteroatoms. The molecule has 0 radical (unpaired) electrons. The third-order valence-electron chi connectivity index (χ3n) is 3.62. The van der Waals surface area contributed by atoms with Crippen LogP contribution in [0.4, 0.5) is 11.4 Å². The van der Waals surface area contributed by atoms with Crippen molar-refractivity contribution in [3.05, 3.63) is 53.6 Å². The first kappa shape index (κ1) is 17.8. The average Bonchev–Trinajstić information content (AvgIpc) is 2.54. The normalized spacial score (nSPS) is 10.7. The van der Waals surface area contributed by atoms with Crippen molar-refractivity contribution >= 4 is 17.3 Å². The molecule has 5 nitrogen and oxygen atoms in total. The quantitative estimate of drug-likeness (QED) is 0.605. The van der Waals surface area contributed by atoms with Crippen LogP contribution in [0.25, 0.3) is 0 Å². The highest BCUT2D eigenvalue weighted by Gasteiger charge is 2.10. The summed E-state index contributed by atoms with van der Waals surface area (Å²) in [5.74, 6) is 0.570. The predicted molar refractivity (Wildman–Crippen MR) is 98.7 cm³/mol. The Balaban J connectivity index is 1.98. The van der Waals surface area contributed by atoms with E-state index in [4.69, 9.17) is 10.5 Å². The van der Waals surface area contributed by atoms with Crippen molar-refractivity contribution in [1.82, 2.24) is 4.90 Å². The summed E-state index contributed by atoms with van der Waals surface area (Å²) in [6.07, 6.45) is 0.950. The van der Waals surface area contributed by atoms with Crippen LogP contribution < -0.4 is 15.8 Å². The molecule has 0 saturated carbocycles. The molecule has 0 aliphatic heterocycles. The molecule has 2 aromatic carbocycles. The van der Waals surface area contributed by atoms with E-state index in [0.29, 0.717) is 23.5 Å². The van der Waals surface area contributed by atoms with Gasteiger partial charge in [0.2, 0.25) is 0 Å². The second-order valence-corrected chi connectivity index (χ2v) is 6.06. The highest BCUT2D eigenvalue weighted by molar-refractivity contribution is 6.05. The topological polar surface area (TPSA) is 67.6 Å². The Labute approximate surface area is 143 Å². The van der Waals surface area contributed by atoms with Crippen molar-refractivity contribution in [1.29, 1.82) is 0 Å². The van der Waals surface area contributed by atoms with E-state index in [1.54, 1.807) is 12.1 Å². The molecule has 0 saturated heterocycles. The van der Waals surface area contributed by atoms with Crippen molar-refractivity contribution in [2.24, 2.45) is 0 Å². The molecule has 2 aromatic rings. The molecule has 24 heavy (non-hydrogen) atoms. The van der Waals surface area contributed by atoms with Gasteiger partial charge in [0.1, 0.15) is 5.75 Å². The number of nitrogens with one attached hydrogen (secondary N) is 1. The van der Waals surface area contributed by atoms with Crippen LogP contribution in [-0.2, 0) is 0 Å². The molecule has 128 valence electrons. The number of nitrogens with zero attached hydrogens (tertiary/aromatic N) is 1. The summed E-state index contributed by atoms with van der Waals surface area (Å²) < 4.78 is 5.73. The van der Waals surface area contributed by atoms with Gasteiger partial charge in [-0.3, -0.25) is 4.79 Å². The number of amides is 1. The van der Waals surface area contributed by atoms with Crippen LogP contribution in [-0.4, -0.2) is 38.1 Å². The Morgan fingerprint density at radius 1 is 1.21 bits per heavy atom. The molecule has 0 spiro atoms. The number of nitrogen functional groups attached to an aromatic ring is 1. The average molecular weight is 327 g/mol. The Kier molecular flexibility index (Phi) is 6.21. The van der Waals surface area contributed by atoms with Crippen LogP contribution in [0, 0.1) is 6.92 Å². The monoisotopic (exact) mass is 327 g/mol. The van der Waals surface area contributed by atoms with Gasteiger partial charge in [-0.1, -0.05) is 12.1 Å². The number of benzene rings is 2. The molecule has 2 rings (SSSR count). The zero-order chi connectivity index (χ0) is 17.5. The Morgan fingerprint density at radius 2 is 2.00 bits per heavy atom. The zero-order valence-electron chi connectivity index (χ0n) is 14.5. The zero-order valence-corrected chi connectivity index (χ0v) is 14.5. The highest BCUT2D eigenvalue weighted by Crippen LogP contribution is 2.20. The van der Waals surface area contributed by atoms with Crippen LogP contribution in [0.3, 0.4) is 0 Å². The fourth-order valence-corrected chi connectivity index (χ4v) is 2.32. The molecule has 0 aliphatic carbocycles. The Bertz CT molecular complexity index is 699. The lowest BCUT2D eigenvalue weighted by Gasteiger charge is -2.12. The van der Waals surface area contributed by atoms with Gasteiger partial charge in [-0.25, -0.2) is 0 Å². The maximum absolute atomic E-state index is 12.4. The second-order valence-electron chi connectivity index (χ2n) is 6.06. The van der Waals surface area contributed by atoms with E-state index in [1.165, 1.54) is 0 Å². The van der Waals surface area contributed by atoms with Gasteiger partial charge < -0.3 is 20.7 Å². The Hall–Kier alpha value is -2.53. The van der Waals surface area contributed by atoms with E-state index in [-0.39, 0.29) is 5.91 Å². The summed E-state index contributed by atoms with van der Waals surface area (Å²) in [6, 6.07) is 12.7. The fourth-order valence-electron chi connectivity index (χ4n) is 2.32. The van der Waals surface area contributed by atoms with Gasteiger partial charge in [0, 0.05) is 29.5 Å². The van der Waals surface area contributed by atoms with Crippen LogP contribution >= 0.6 is 0 Å². The van der Waals surface area contributed by atoms with E-state index >= 15 is 0 Å². The number of aryl methyl sites for hydroxylation is 1.